The third kappa shape index (κ3) is 4.34. The molecule has 1 atom stereocenters. The van der Waals surface area contributed by atoms with Gasteiger partial charge in [-0.1, -0.05) is 0 Å². The second-order valence-corrected chi connectivity index (χ2v) is 4.27. The van der Waals surface area contributed by atoms with Gasteiger partial charge in [0.15, 0.2) is 0 Å². The maximum atomic E-state index is 11.1. The SMILES string of the molecule is COC(=O)CC(C)Nc1ccc(N(C)C)cc1. The number of anilines is 2. The number of esters is 1. The van der Waals surface area contributed by atoms with Crippen LogP contribution in [0.25, 0.3) is 0 Å². The van der Waals surface area contributed by atoms with Gasteiger partial charge in [-0.3, -0.25) is 4.79 Å². The minimum absolute atomic E-state index is 0.0626. The molecule has 17 heavy (non-hydrogen) atoms. The first-order chi connectivity index (χ1) is 8.02. The van der Waals surface area contributed by atoms with Gasteiger partial charge >= 0.3 is 5.97 Å². The second-order valence-electron chi connectivity index (χ2n) is 4.27. The maximum Gasteiger partial charge on any atom is 0.307 e. The van der Waals surface area contributed by atoms with Crippen molar-refractivity contribution in [3.8, 4) is 0 Å². The number of ether oxygens (including phenoxy) is 1. The van der Waals surface area contributed by atoms with E-state index in [0.717, 1.165) is 11.4 Å². The summed E-state index contributed by atoms with van der Waals surface area (Å²) in [7, 11) is 5.41. The summed E-state index contributed by atoms with van der Waals surface area (Å²) in [5, 5.41) is 3.25. The number of methoxy groups -OCH3 is 1. The molecule has 1 aromatic rings. The Kier molecular flexibility index (Phi) is 4.82. The molecule has 0 spiro atoms. The molecule has 0 aliphatic heterocycles. The molecular formula is C13H20N2O2. The average Bonchev–Trinajstić information content (AvgIpc) is 2.29. The van der Waals surface area contributed by atoms with Crippen molar-refractivity contribution >= 4 is 17.3 Å². The van der Waals surface area contributed by atoms with Crippen LogP contribution in [0, 0.1) is 0 Å². The van der Waals surface area contributed by atoms with Crippen molar-refractivity contribution in [2.75, 3.05) is 31.4 Å². The normalized spacial score (nSPS) is 11.8. The fraction of sp³-hybridized carbons (Fsp3) is 0.462. The van der Waals surface area contributed by atoms with E-state index in [-0.39, 0.29) is 12.0 Å². The molecule has 4 nitrogen and oxygen atoms in total. The van der Waals surface area contributed by atoms with Gasteiger partial charge in [0.1, 0.15) is 0 Å². The van der Waals surface area contributed by atoms with E-state index >= 15 is 0 Å². The summed E-state index contributed by atoms with van der Waals surface area (Å²) in [4.78, 5) is 13.1. The molecule has 0 aromatic heterocycles. The third-order valence-corrected chi connectivity index (χ3v) is 2.50. The summed E-state index contributed by atoms with van der Waals surface area (Å²) in [6, 6.07) is 8.14. The first-order valence-corrected chi connectivity index (χ1v) is 5.63. The van der Waals surface area contributed by atoms with Gasteiger partial charge in [0, 0.05) is 31.5 Å². The smallest absolute Gasteiger partial charge is 0.307 e. The predicted octanol–water partition coefficient (Wildman–Crippen LogP) is 2.12. The molecule has 0 saturated carbocycles. The molecule has 1 rings (SSSR count). The highest BCUT2D eigenvalue weighted by atomic mass is 16.5. The summed E-state index contributed by atoms with van der Waals surface area (Å²) < 4.78 is 4.62. The fourth-order valence-electron chi connectivity index (χ4n) is 1.52. The number of hydrogen-bond acceptors (Lipinski definition) is 4. The van der Waals surface area contributed by atoms with Crippen molar-refractivity contribution in [1.29, 1.82) is 0 Å². The Morgan fingerprint density at radius 2 is 1.94 bits per heavy atom. The zero-order valence-electron chi connectivity index (χ0n) is 10.9. The number of benzene rings is 1. The average molecular weight is 236 g/mol. The van der Waals surface area contributed by atoms with Crippen LogP contribution in [0.3, 0.4) is 0 Å². The molecule has 0 aliphatic rings. The second kappa shape index (κ2) is 6.13. The van der Waals surface area contributed by atoms with E-state index in [1.165, 1.54) is 7.11 Å². The molecule has 0 aliphatic carbocycles. The number of nitrogens with one attached hydrogen (secondary N) is 1. The Labute approximate surface area is 103 Å². The van der Waals surface area contributed by atoms with Crippen molar-refractivity contribution in [2.24, 2.45) is 0 Å². The number of carbonyl (C=O) groups is 1. The number of hydrogen-bond donors (Lipinski definition) is 1. The van der Waals surface area contributed by atoms with E-state index in [9.17, 15) is 4.79 Å². The molecule has 4 heteroatoms. The van der Waals surface area contributed by atoms with Crippen molar-refractivity contribution in [2.45, 2.75) is 19.4 Å². The molecular weight excluding hydrogens is 216 g/mol. The summed E-state index contributed by atoms with van der Waals surface area (Å²) >= 11 is 0. The Hall–Kier alpha value is -1.71. The molecule has 0 heterocycles. The Balaban J connectivity index is 2.54. The van der Waals surface area contributed by atoms with Gasteiger partial charge < -0.3 is 15.0 Å². The molecule has 0 amide bonds. The van der Waals surface area contributed by atoms with Crippen LogP contribution < -0.4 is 10.2 Å². The lowest BCUT2D eigenvalue weighted by Crippen LogP contribution is -2.20. The van der Waals surface area contributed by atoms with Gasteiger partial charge in [0.25, 0.3) is 0 Å². The van der Waals surface area contributed by atoms with E-state index in [1.807, 2.05) is 50.2 Å². The first-order valence-electron chi connectivity index (χ1n) is 5.63. The summed E-state index contributed by atoms with van der Waals surface area (Å²) in [5.41, 5.74) is 2.16. The van der Waals surface area contributed by atoms with Crippen LogP contribution in [-0.2, 0) is 9.53 Å². The summed E-state index contributed by atoms with van der Waals surface area (Å²) in [6.45, 7) is 1.96. The van der Waals surface area contributed by atoms with Gasteiger partial charge in [0.05, 0.1) is 13.5 Å². The highest BCUT2D eigenvalue weighted by molar-refractivity contribution is 5.70. The summed E-state index contributed by atoms with van der Waals surface area (Å²) in [6.07, 6.45) is 0.367. The van der Waals surface area contributed by atoms with E-state index < -0.39 is 0 Å². The molecule has 0 bridgehead atoms. The van der Waals surface area contributed by atoms with Crippen molar-refractivity contribution in [3.63, 3.8) is 0 Å². The predicted molar refractivity (Wildman–Crippen MR) is 70.5 cm³/mol. The third-order valence-electron chi connectivity index (χ3n) is 2.50. The van der Waals surface area contributed by atoms with Crippen molar-refractivity contribution in [1.82, 2.24) is 0 Å². The fourth-order valence-corrected chi connectivity index (χ4v) is 1.52. The minimum atomic E-state index is -0.199. The Morgan fingerprint density at radius 3 is 2.41 bits per heavy atom. The van der Waals surface area contributed by atoms with Crippen LogP contribution in [0.1, 0.15) is 13.3 Å². The van der Waals surface area contributed by atoms with Crippen LogP contribution >= 0.6 is 0 Å². The van der Waals surface area contributed by atoms with E-state index in [1.54, 1.807) is 0 Å². The molecule has 0 radical (unpaired) electrons. The minimum Gasteiger partial charge on any atom is -0.469 e. The van der Waals surface area contributed by atoms with Gasteiger partial charge in [-0.15, -0.1) is 0 Å². The molecule has 0 saturated heterocycles. The zero-order valence-corrected chi connectivity index (χ0v) is 10.9. The van der Waals surface area contributed by atoms with Crippen LogP contribution in [-0.4, -0.2) is 33.2 Å². The largest absolute Gasteiger partial charge is 0.469 e. The lowest BCUT2D eigenvalue weighted by atomic mass is 10.2. The van der Waals surface area contributed by atoms with E-state index in [2.05, 4.69) is 10.1 Å². The maximum absolute atomic E-state index is 11.1. The molecule has 94 valence electrons. The topological polar surface area (TPSA) is 41.6 Å². The number of rotatable bonds is 5. The van der Waals surface area contributed by atoms with E-state index in [4.69, 9.17) is 0 Å². The molecule has 1 N–H and O–H groups in total. The van der Waals surface area contributed by atoms with Crippen LogP contribution in [0.15, 0.2) is 24.3 Å². The zero-order chi connectivity index (χ0) is 12.8. The monoisotopic (exact) mass is 236 g/mol. The van der Waals surface area contributed by atoms with Gasteiger partial charge in [-0.2, -0.15) is 0 Å². The van der Waals surface area contributed by atoms with Crippen molar-refractivity contribution in [3.05, 3.63) is 24.3 Å². The number of nitrogens with zero attached hydrogens (tertiary/aromatic N) is 1. The van der Waals surface area contributed by atoms with E-state index in [0.29, 0.717) is 6.42 Å². The van der Waals surface area contributed by atoms with Gasteiger partial charge in [0.2, 0.25) is 0 Å². The lowest BCUT2D eigenvalue weighted by Gasteiger charge is -2.16. The molecule has 1 unspecified atom stereocenters. The van der Waals surface area contributed by atoms with Crippen LogP contribution in [0.4, 0.5) is 11.4 Å². The number of carbonyl (C=O) groups excluding carboxylic acids is 1. The molecule has 1 aromatic carbocycles. The Bertz CT molecular complexity index is 360. The highest BCUT2D eigenvalue weighted by Gasteiger charge is 2.08. The standard InChI is InChI=1S/C13H20N2O2/c1-10(9-13(16)17-4)14-11-5-7-12(8-6-11)15(2)3/h5-8,10,14H,9H2,1-4H3. The van der Waals surface area contributed by atoms with Gasteiger partial charge in [-0.25, -0.2) is 0 Å². The first kappa shape index (κ1) is 13.4. The quantitative estimate of drug-likeness (QED) is 0.795. The highest BCUT2D eigenvalue weighted by Crippen LogP contribution is 2.16. The van der Waals surface area contributed by atoms with Gasteiger partial charge in [-0.05, 0) is 31.2 Å². The van der Waals surface area contributed by atoms with Crippen LogP contribution in [0.5, 0.6) is 0 Å². The Morgan fingerprint density at radius 1 is 1.35 bits per heavy atom. The van der Waals surface area contributed by atoms with Crippen molar-refractivity contribution < 1.29 is 9.53 Å². The van der Waals surface area contributed by atoms with Crippen LogP contribution in [0.2, 0.25) is 0 Å². The lowest BCUT2D eigenvalue weighted by molar-refractivity contribution is -0.140. The molecule has 0 fully saturated rings. The summed E-state index contributed by atoms with van der Waals surface area (Å²) in [5.74, 6) is -0.199.